The molecule has 0 fully saturated rings. The third-order valence-corrected chi connectivity index (χ3v) is 4.32. The Hall–Kier alpha value is -1.87. The molecule has 0 bridgehead atoms. The lowest BCUT2D eigenvalue weighted by atomic mass is 9.96. The van der Waals surface area contributed by atoms with Crippen LogP contribution in [0.5, 0.6) is 5.75 Å². The van der Waals surface area contributed by atoms with E-state index >= 15 is 0 Å². The zero-order chi connectivity index (χ0) is 16.1. The number of hydrogen-bond donors (Lipinski definition) is 0. The van der Waals surface area contributed by atoms with Crippen LogP contribution in [0.15, 0.2) is 42.5 Å². The fourth-order valence-corrected chi connectivity index (χ4v) is 2.54. The monoisotopic (exact) mass is 314 g/mol. The summed E-state index contributed by atoms with van der Waals surface area (Å²) >= 11 is 5.27. The van der Waals surface area contributed by atoms with E-state index in [0.717, 1.165) is 22.4 Å². The number of ether oxygens (including phenoxy) is 2. The van der Waals surface area contributed by atoms with Gasteiger partial charge in [0.25, 0.3) is 0 Å². The Kier molecular flexibility index (Phi) is 5.56. The van der Waals surface area contributed by atoms with Crippen molar-refractivity contribution in [1.82, 2.24) is 0 Å². The molecule has 1 atom stereocenters. The van der Waals surface area contributed by atoms with E-state index in [2.05, 4.69) is 51.1 Å². The zero-order valence-corrected chi connectivity index (χ0v) is 14.4. The molecular formula is C19H22O2S. The highest BCUT2D eigenvalue weighted by Gasteiger charge is 2.15. The molecule has 0 amide bonds. The lowest BCUT2D eigenvalue weighted by molar-refractivity contribution is 0.302. The smallest absolute Gasteiger partial charge is 0.166 e. The highest BCUT2D eigenvalue weighted by molar-refractivity contribution is 7.80. The predicted molar refractivity (Wildman–Crippen MR) is 94.7 cm³/mol. The Morgan fingerprint density at radius 3 is 2.59 bits per heavy atom. The van der Waals surface area contributed by atoms with Crippen LogP contribution in [0.25, 0.3) is 0 Å². The van der Waals surface area contributed by atoms with Gasteiger partial charge in [0.1, 0.15) is 12.4 Å². The number of methoxy groups -OCH3 is 1. The second-order valence-corrected chi connectivity index (χ2v) is 5.90. The summed E-state index contributed by atoms with van der Waals surface area (Å²) in [4.78, 5) is 0. The number of benzene rings is 2. The van der Waals surface area contributed by atoms with Crippen LogP contribution in [0.1, 0.15) is 35.1 Å². The van der Waals surface area contributed by atoms with Gasteiger partial charge in [-0.2, -0.15) is 0 Å². The van der Waals surface area contributed by atoms with Gasteiger partial charge in [-0.25, -0.2) is 0 Å². The molecule has 0 saturated carbocycles. The standard InChI is InChI=1S/C19H22O2S/c1-13-9-10-14(2)18(11-13)21-12-16-7-5-6-8-17(16)15(3)19(22)20-4/h5-11,15H,12H2,1-4H3. The highest BCUT2D eigenvalue weighted by atomic mass is 32.1. The van der Waals surface area contributed by atoms with Crippen molar-refractivity contribution in [3.05, 3.63) is 64.7 Å². The van der Waals surface area contributed by atoms with E-state index in [1.54, 1.807) is 7.11 Å². The molecular weight excluding hydrogens is 292 g/mol. The summed E-state index contributed by atoms with van der Waals surface area (Å²) < 4.78 is 11.2. The van der Waals surface area contributed by atoms with Gasteiger partial charge in [-0.3, -0.25) is 0 Å². The summed E-state index contributed by atoms with van der Waals surface area (Å²) in [6, 6.07) is 14.4. The largest absolute Gasteiger partial charge is 0.490 e. The minimum absolute atomic E-state index is 0.0680. The van der Waals surface area contributed by atoms with Crippen molar-refractivity contribution in [2.45, 2.75) is 33.3 Å². The van der Waals surface area contributed by atoms with Gasteiger partial charge in [-0.05, 0) is 54.4 Å². The second kappa shape index (κ2) is 7.41. The molecule has 0 spiro atoms. The topological polar surface area (TPSA) is 18.5 Å². The van der Waals surface area contributed by atoms with E-state index < -0.39 is 0 Å². The van der Waals surface area contributed by atoms with Crippen molar-refractivity contribution < 1.29 is 9.47 Å². The Labute approximate surface area is 138 Å². The molecule has 0 aliphatic rings. The number of rotatable bonds is 5. The maximum Gasteiger partial charge on any atom is 0.166 e. The molecule has 3 heteroatoms. The fourth-order valence-electron chi connectivity index (χ4n) is 2.41. The molecule has 0 aromatic heterocycles. The van der Waals surface area contributed by atoms with Gasteiger partial charge < -0.3 is 9.47 Å². The van der Waals surface area contributed by atoms with Gasteiger partial charge in [-0.15, -0.1) is 0 Å². The van der Waals surface area contributed by atoms with Gasteiger partial charge in [0.15, 0.2) is 5.05 Å². The van der Waals surface area contributed by atoms with Crippen LogP contribution in [0, 0.1) is 13.8 Å². The van der Waals surface area contributed by atoms with Crippen molar-refractivity contribution in [3.63, 3.8) is 0 Å². The molecule has 2 rings (SSSR count). The van der Waals surface area contributed by atoms with Gasteiger partial charge in [0.05, 0.1) is 7.11 Å². The summed E-state index contributed by atoms with van der Waals surface area (Å²) in [5.74, 6) is 0.996. The van der Waals surface area contributed by atoms with Crippen LogP contribution in [0.2, 0.25) is 0 Å². The van der Waals surface area contributed by atoms with Crippen molar-refractivity contribution in [1.29, 1.82) is 0 Å². The average Bonchev–Trinajstić information content (AvgIpc) is 2.54. The third-order valence-electron chi connectivity index (χ3n) is 3.80. The van der Waals surface area contributed by atoms with Gasteiger partial charge in [0, 0.05) is 5.92 Å². The fraction of sp³-hybridized carbons (Fsp3) is 0.316. The number of aryl methyl sites for hydroxylation is 2. The minimum atomic E-state index is 0.0680. The molecule has 2 aromatic rings. The van der Waals surface area contributed by atoms with E-state index in [1.165, 1.54) is 5.56 Å². The molecule has 1 unspecified atom stereocenters. The predicted octanol–water partition coefficient (Wildman–Crippen LogP) is 4.96. The Bertz CT molecular complexity index is 664. The van der Waals surface area contributed by atoms with Crippen LogP contribution >= 0.6 is 12.2 Å². The third kappa shape index (κ3) is 3.86. The molecule has 2 aromatic carbocycles. The van der Waals surface area contributed by atoms with E-state index in [-0.39, 0.29) is 5.92 Å². The first-order valence-corrected chi connectivity index (χ1v) is 7.79. The van der Waals surface area contributed by atoms with Crippen LogP contribution < -0.4 is 4.74 Å². The van der Waals surface area contributed by atoms with Crippen LogP contribution in [0.3, 0.4) is 0 Å². The summed E-state index contributed by atoms with van der Waals surface area (Å²) in [5.41, 5.74) is 4.63. The Morgan fingerprint density at radius 2 is 1.86 bits per heavy atom. The first-order chi connectivity index (χ1) is 10.5. The molecule has 0 N–H and O–H groups in total. The first kappa shape index (κ1) is 16.5. The van der Waals surface area contributed by atoms with Crippen molar-refractivity contribution >= 4 is 17.3 Å². The quantitative estimate of drug-likeness (QED) is 0.727. The summed E-state index contributed by atoms with van der Waals surface area (Å²) in [6.07, 6.45) is 0. The molecule has 116 valence electrons. The molecule has 0 aliphatic heterocycles. The maximum absolute atomic E-state index is 6.02. The molecule has 0 aliphatic carbocycles. The zero-order valence-electron chi connectivity index (χ0n) is 13.6. The van der Waals surface area contributed by atoms with Gasteiger partial charge in [0.2, 0.25) is 0 Å². The summed E-state index contributed by atoms with van der Waals surface area (Å²) in [6.45, 7) is 6.71. The van der Waals surface area contributed by atoms with E-state index in [9.17, 15) is 0 Å². The van der Waals surface area contributed by atoms with E-state index in [0.29, 0.717) is 11.7 Å². The lowest BCUT2D eigenvalue weighted by Gasteiger charge is -2.17. The number of thiocarbonyl (C=S) groups is 1. The van der Waals surface area contributed by atoms with E-state index in [4.69, 9.17) is 21.7 Å². The maximum atomic E-state index is 6.02. The normalized spacial score (nSPS) is 11.8. The van der Waals surface area contributed by atoms with Crippen molar-refractivity contribution in [3.8, 4) is 5.75 Å². The Balaban J connectivity index is 2.20. The van der Waals surface area contributed by atoms with E-state index in [1.807, 2.05) is 12.1 Å². The highest BCUT2D eigenvalue weighted by Crippen LogP contribution is 2.25. The van der Waals surface area contributed by atoms with Gasteiger partial charge in [-0.1, -0.05) is 43.3 Å². The van der Waals surface area contributed by atoms with Gasteiger partial charge >= 0.3 is 0 Å². The van der Waals surface area contributed by atoms with Crippen molar-refractivity contribution in [2.75, 3.05) is 7.11 Å². The summed E-state index contributed by atoms with van der Waals surface area (Å²) in [7, 11) is 1.62. The number of hydrogen-bond acceptors (Lipinski definition) is 3. The SMILES string of the molecule is COC(=S)C(C)c1ccccc1COc1cc(C)ccc1C. The molecule has 0 heterocycles. The first-order valence-electron chi connectivity index (χ1n) is 7.38. The molecule has 0 radical (unpaired) electrons. The Morgan fingerprint density at radius 1 is 1.14 bits per heavy atom. The second-order valence-electron chi connectivity index (χ2n) is 5.50. The van der Waals surface area contributed by atoms with Crippen LogP contribution in [-0.2, 0) is 11.3 Å². The molecule has 22 heavy (non-hydrogen) atoms. The lowest BCUT2D eigenvalue weighted by Crippen LogP contribution is -2.12. The van der Waals surface area contributed by atoms with Crippen LogP contribution in [-0.4, -0.2) is 12.2 Å². The van der Waals surface area contributed by atoms with Crippen molar-refractivity contribution in [2.24, 2.45) is 0 Å². The summed E-state index contributed by atoms with van der Waals surface area (Å²) in [5, 5.41) is 0.596. The minimum Gasteiger partial charge on any atom is -0.490 e. The van der Waals surface area contributed by atoms with Crippen LogP contribution in [0.4, 0.5) is 0 Å². The molecule has 2 nitrogen and oxygen atoms in total. The molecule has 0 saturated heterocycles. The average molecular weight is 314 g/mol.